The van der Waals surface area contributed by atoms with Gasteiger partial charge in [-0.25, -0.2) is 9.48 Å². The molecule has 5 aromatic rings. The molecule has 0 amide bonds. The van der Waals surface area contributed by atoms with Crippen LogP contribution in [0, 0.1) is 6.92 Å². The van der Waals surface area contributed by atoms with Crippen LogP contribution in [0.15, 0.2) is 102 Å². The highest BCUT2D eigenvalue weighted by Crippen LogP contribution is 2.35. The number of aryl methyl sites for hydroxylation is 3. The molecule has 0 atom stereocenters. The fourth-order valence-corrected chi connectivity index (χ4v) is 6.19. The van der Waals surface area contributed by atoms with Crippen LogP contribution in [0.3, 0.4) is 0 Å². The van der Waals surface area contributed by atoms with E-state index < -0.39 is 0 Å². The zero-order valence-corrected chi connectivity index (χ0v) is 26.3. The third-order valence-electron chi connectivity index (χ3n) is 8.58. The molecule has 0 bridgehead atoms. The van der Waals surface area contributed by atoms with Gasteiger partial charge in [-0.05, 0) is 66.4 Å². The van der Waals surface area contributed by atoms with Gasteiger partial charge in [0.1, 0.15) is 18.2 Å². The summed E-state index contributed by atoms with van der Waals surface area (Å²) in [5.41, 5.74) is 7.04. The van der Waals surface area contributed by atoms with Crippen molar-refractivity contribution in [3.05, 3.63) is 119 Å². The first-order valence-corrected chi connectivity index (χ1v) is 16.0. The average molecular weight is 603 g/mol. The molecule has 6 rings (SSSR count). The maximum Gasteiger partial charge on any atom is 0.346 e. The summed E-state index contributed by atoms with van der Waals surface area (Å²) < 4.78 is 9.21. The van der Waals surface area contributed by atoms with Gasteiger partial charge in [0.05, 0.1) is 12.2 Å². The minimum atomic E-state index is -0.0481. The van der Waals surface area contributed by atoms with E-state index in [0.29, 0.717) is 26.1 Å². The third kappa shape index (κ3) is 7.18. The van der Waals surface area contributed by atoms with Crippen LogP contribution in [0.25, 0.3) is 22.4 Å². The number of para-hydroxylation sites is 1. The molecule has 232 valence electrons. The molecular formula is C37H42N6O2. The maximum atomic E-state index is 13.1. The van der Waals surface area contributed by atoms with E-state index in [0.717, 1.165) is 56.4 Å². The van der Waals surface area contributed by atoms with Crippen molar-refractivity contribution >= 4 is 5.69 Å². The SMILES string of the molecule is CCc1nn(CCCN2CCN(c3cccc(-c4cccc(C)c4-c4ccccn4)c3)CC2)c(=O)n1CCOc1ccccc1. The summed E-state index contributed by atoms with van der Waals surface area (Å²) in [6, 6.07) is 31.2. The number of rotatable bonds is 12. The van der Waals surface area contributed by atoms with Gasteiger partial charge in [-0.15, -0.1) is 0 Å². The number of piperazine rings is 1. The molecule has 3 aromatic carbocycles. The molecule has 0 spiro atoms. The fraction of sp³-hybridized carbons (Fsp3) is 0.324. The van der Waals surface area contributed by atoms with Crippen molar-refractivity contribution < 1.29 is 4.74 Å². The Labute approximate surface area is 265 Å². The van der Waals surface area contributed by atoms with Crippen molar-refractivity contribution in [3.63, 3.8) is 0 Å². The van der Waals surface area contributed by atoms with Crippen molar-refractivity contribution in [2.24, 2.45) is 0 Å². The van der Waals surface area contributed by atoms with Crippen LogP contribution < -0.4 is 15.3 Å². The molecule has 1 aliphatic heterocycles. The van der Waals surface area contributed by atoms with Crippen molar-refractivity contribution in [1.29, 1.82) is 0 Å². The van der Waals surface area contributed by atoms with Crippen LogP contribution in [-0.2, 0) is 19.5 Å². The third-order valence-corrected chi connectivity index (χ3v) is 8.58. The van der Waals surface area contributed by atoms with Crippen molar-refractivity contribution in [2.45, 2.75) is 39.8 Å². The summed E-state index contributed by atoms with van der Waals surface area (Å²) in [6.45, 7) is 10.6. The lowest BCUT2D eigenvalue weighted by Crippen LogP contribution is -2.46. The number of nitrogens with zero attached hydrogens (tertiary/aromatic N) is 6. The monoisotopic (exact) mass is 602 g/mol. The van der Waals surface area contributed by atoms with Crippen molar-refractivity contribution in [2.75, 3.05) is 44.2 Å². The zero-order valence-electron chi connectivity index (χ0n) is 26.3. The smallest absolute Gasteiger partial charge is 0.346 e. The molecule has 0 N–H and O–H groups in total. The van der Waals surface area contributed by atoms with Gasteiger partial charge >= 0.3 is 5.69 Å². The Kier molecular flexibility index (Phi) is 9.71. The number of pyridine rings is 1. The molecule has 45 heavy (non-hydrogen) atoms. The molecule has 0 aliphatic carbocycles. The topological polar surface area (TPSA) is 68.4 Å². The highest BCUT2D eigenvalue weighted by atomic mass is 16.5. The maximum absolute atomic E-state index is 13.1. The molecule has 3 heterocycles. The zero-order chi connectivity index (χ0) is 31.0. The predicted octanol–water partition coefficient (Wildman–Crippen LogP) is 5.94. The van der Waals surface area contributed by atoms with E-state index in [1.165, 1.54) is 27.9 Å². The minimum absolute atomic E-state index is 0.0481. The number of ether oxygens (including phenoxy) is 1. The Morgan fingerprint density at radius 2 is 1.62 bits per heavy atom. The first kappa shape index (κ1) is 30.3. The summed E-state index contributed by atoms with van der Waals surface area (Å²) in [6.07, 6.45) is 3.46. The van der Waals surface area contributed by atoms with E-state index in [2.05, 4.69) is 75.3 Å². The first-order chi connectivity index (χ1) is 22.1. The molecule has 8 nitrogen and oxygen atoms in total. The largest absolute Gasteiger partial charge is 0.492 e. The number of hydrogen-bond donors (Lipinski definition) is 0. The fourth-order valence-electron chi connectivity index (χ4n) is 6.19. The Balaban J connectivity index is 1.03. The lowest BCUT2D eigenvalue weighted by atomic mass is 9.93. The normalized spacial score (nSPS) is 13.7. The second-order valence-electron chi connectivity index (χ2n) is 11.5. The van der Waals surface area contributed by atoms with E-state index >= 15 is 0 Å². The van der Waals surface area contributed by atoms with Gasteiger partial charge in [-0.3, -0.25) is 14.5 Å². The summed E-state index contributed by atoms with van der Waals surface area (Å²) in [7, 11) is 0. The predicted molar refractivity (Wildman–Crippen MR) is 181 cm³/mol. The van der Waals surface area contributed by atoms with Crippen LogP contribution in [0.2, 0.25) is 0 Å². The minimum Gasteiger partial charge on any atom is -0.492 e. The summed E-state index contributed by atoms with van der Waals surface area (Å²) in [4.78, 5) is 22.7. The van der Waals surface area contributed by atoms with Gasteiger partial charge in [0.25, 0.3) is 0 Å². The molecule has 0 saturated carbocycles. The molecule has 1 saturated heterocycles. The van der Waals surface area contributed by atoms with Gasteiger partial charge in [0.15, 0.2) is 0 Å². The van der Waals surface area contributed by atoms with E-state index in [4.69, 9.17) is 4.74 Å². The van der Waals surface area contributed by atoms with Crippen molar-refractivity contribution in [3.8, 4) is 28.1 Å². The molecular weight excluding hydrogens is 560 g/mol. The molecule has 0 unspecified atom stereocenters. The van der Waals surface area contributed by atoms with E-state index in [1.807, 2.05) is 55.6 Å². The Bertz CT molecular complexity index is 1740. The van der Waals surface area contributed by atoms with Crippen LogP contribution >= 0.6 is 0 Å². The Morgan fingerprint density at radius 1 is 0.822 bits per heavy atom. The second-order valence-corrected chi connectivity index (χ2v) is 11.5. The quantitative estimate of drug-likeness (QED) is 0.176. The number of anilines is 1. The Morgan fingerprint density at radius 3 is 2.40 bits per heavy atom. The van der Waals surface area contributed by atoms with Crippen molar-refractivity contribution in [1.82, 2.24) is 24.2 Å². The average Bonchev–Trinajstić information content (AvgIpc) is 3.39. The highest BCUT2D eigenvalue weighted by Gasteiger charge is 2.19. The first-order valence-electron chi connectivity index (χ1n) is 16.0. The number of aromatic nitrogens is 4. The summed E-state index contributed by atoms with van der Waals surface area (Å²) in [5, 5.41) is 4.63. The van der Waals surface area contributed by atoms with E-state index in [1.54, 1.807) is 9.25 Å². The van der Waals surface area contributed by atoms with Gasteiger partial charge in [-0.1, -0.05) is 61.5 Å². The van der Waals surface area contributed by atoms with Crippen LogP contribution in [-0.4, -0.2) is 63.6 Å². The summed E-state index contributed by atoms with van der Waals surface area (Å²) in [5.74, 6) is 1.62. The highest BCUT2D eigenvalue weighted by molar-refractivity contribution is 5.85. The standard InChI is InChI=1S/C37H42N6O2/c1-3-35-39-43(37(44)42(35)26-27-45-32-15-5-4-6-16-32)21-11-20-40-22-24-41(25-23-40)31-14-10-13-30(28-31)33-17-9-12-29(2)36(33)34-18-7-8-19-38-34/h4-10,12-19,28H,3,11,20-27H2,1-2H3. The Hall–Kier alpha value is -4.69. The number of benzene rings is 3. The van der Waals surface area contributed by atoms with Gasteiger partial charge in [0, 0.05) is 63.1 Å². The van der Waals surface area contributed by atoms with E-state index in [-0.39, 0.29) is 5.69 Å². The van der Waals surface area contributed by atoms with Crippen LogP contribution in [0.1, 0.15) is 24.7 Å². The molecule has 2 aromatic heterocycles. The summed E-state index contributed by atoms with van der Waals surface area (Å²) >= 11 is 0. The molecule has 8 heteroatoms. The van der Waals surface area contributed by atoms with Crippen LogP contribution in [0.5, 0.6) is 5.75 Å². The number of hydrogen-bond acceptors (Lipinski definition) is 6. The van der Waals surface area contributed by atoms with E-state index in [9.17, 15) is 4.79 Å². The molecule has 1 aliphatic rings. The van der Waals surface area contributed by atoms with Gasteiger partial charge in [0.2, 0.25) is 0 Å². The lowest BCUT2D eigenvalue weighted by molar-refractivity contribution is 0.248. The van der Waals surface area contributed by atoms with Gasteiger partial charge in [-0.2, -0.15) is 5.10 Å². The molecule has 0 radical (unpaired) electrons. The second kappa shape index (κ2) is 14.4. The lowest BCUT2D eigenvalue weighted by Gasteiger charge is -2.36. The molecule has 1 fully saturated rings. The van der Waals surface area contributed by atoms with Gasteiger partial charge < -0.3 is 9.64 Å². The van der Waals surface area contributed by atoms with Crippen LogP contribution in [0.4, 0.5) is 5.69 Å².